The third-order valence-electron chi connectivity index (χ3n) is 5.78. The van der Waals surface area contributed by atoms with E-state index in [2.05, 4.69) is 25.7 Å². The molecule has 5 aromatic rings. The molecule has 172 valence electrons. The molecule has 0 aliphatic carbocycles. The summed E-state index contributed by atoms with van der Waals surface area (Å²) < 4.78 is 40.5. The molecule has 0 amide bonds. The molecule has 9 heteroatoms. The quantitative estimate of drug-likeness (QED) is 0.328. The van der Waals surface area contributed by atoms with Crippen LogP contribution in [0.4, 0.5) is 30.6 Å². The lowest BCUT2D eigenvalue weighted by molar-refractivity contribution is -0.137. The van der Waals surface area contributed by atoms with E-state index in [1.165, 1.54) is 12.1 Å². The highest BCUT2D eigenvalue weighted by atomic mass is 19.4. The Morgan fingerprint density at radius 2 is 1.74 bits per heavy atom. The molecule has 0 bridgehead atoms. The van der Waals surface area contributed by atoms with Crippen LogP contribution >= 0.6 is 0 Å². The average molecular weight is 462 g/mol. The van der Waals surface area contributed by atoms with Crippen LogP contribution in [0.2, 0.25) is 0 Å². The number of halogens is 3. The summed E-state index contributed by atoms with van der Waals surface area (Å²) in [6.07, 6.45) is -2.59. The van der Waals surface area contributed by atoms with Gasteiger partial charge in [-0.15, -0.1) is 0 Å². The highest BCUT2D eigenvalue weighted by Gasteiger charge is 2.30. The fourth-order valence-corrected chi connectivity index (χ4v) is 4.12. The van der Waals surface area contributed by atoms with Gasteiger partial charge in [0.2, 0.25) is 5.95 Å². The zero-order valence-electron chi connectivity index (χ0n) is 18.7. The molecule has 2 N–H and O–H groups in total. The van der Waals surface area contributed by atoms with E-state index in [9.17, 15) is 13.2 Å². The highest BCUT2D eigenvalue weighted by Crippen LogP contribution is 2.37. The summed E-state index contributed by atoms with van der Waals surface area (Å²) in [5, 5.41) is 12.5. The minimum absolute atomic E-state index is 0.526. The van der Waals surface area contributed by atoms with Gasteiger partial charge in [-0.25, -0.2) is 9.97 Å². The minimum atomic E-state index is -4.37. The molecule has 0 saturated heterocycles. The first-order valence-electron chi connectivity index (χ1n) is 10.6. The van der Waals surface area contributed by atoms with Crippen molar-refractivity contribution >= 4 is 39.3 Å². The molecule has 0 radical (unpaired) electrons. The molecule has 0 unspecified atom stereocenters. The van der Waals surface area contributed by atoms with Crippen LogP contribution < -0.4 is 10.6 Å². The number of alkyl halides is 3. The molecule has 5 rings (SSSR count). The summed E-state index contributed by atoms with van der Waals surface area (Å²) in [5.74, 6) is 1.13. The minimum Gasteiger partial charge on any atom is -0.357 e. The van der Waals surface area contributed by atoms with Crippen LogP contribution in [-0.4, -0.2) is 26.8 Å². The molecule has 2 aromatic heterocycles. The number of anilines is 3. The normalized spacial score (nSPS) is 11.8. The van der Waals surface area contributed by atoms with Gasteiger partial charge < -0.3 is 10.6 Å². The van der Waals surface area contributed by atoms with Gasteiger partial charge >= 0.3 is 6.18 Å². The highest BCUT2D eigenvalue weighted by molar-refractivity contribution is 6.03. The van der Waals surface area contributed by atoms with Crippen molar-refractivity contribution in [2.45, 2.75) is 13.1 Å². The first-order chi connectivity index (χ1) is 16.2. The van der Waals surface area contributed by atoms with Crippen LogP contribution in [0.3, 0.4) is 0 Å². The third-order valence-corrected chi connectivity index (χ3v) is 5.78. The number of rotatable bonds is 4. The van der Waals surface area contributed by atoms with E-state index < -0.39 is 11.7 Å². The van der Waals surface area contributed by atoms with E-state index in [-0.39, 0.29) is 0 Å². The zero-order chi connectivity index (χ0) is 24.0. The predicted octanol–water partition coefficient (Wildman–Crippen LogP) is 6.30. The summed E-state index contributed by atoms with van der Waals surface area (Å²) in [6.45, 7) is 2.04. The lowest BCUT2D eigenvalue weighted by Gasteiger charge is -2.11. The fraction of sp³-hybridized carbons (Fsp3) is 0.160. The number of hydrogen-bond donors (Lipinski definition) is 2. The van der Waals surface area contributed by atoms with Gasteiger partial charge in [-0.3, -0.25) is 4.68 Å². The number of benzene rings is 3. The lowest BCUT2D eigenvalue weighted by atomic mass is 9.96. The van der Waals surface area contributed by atoms with Crippen molar-refractivity contribution < 1.29 is 13.2 Å². The fourth-order valence-electron chi connectivity index (χ4n) is 4.12. The van der Waals surface area contributed by atoms with Gasteiger partial charge in [-0.2, -0.15) is 18.3 Å². The number of fused-ring (bicyclic) bond motifs is 2. The Labute approximate surface area is 193 Å². The summed E-state index contributed by atoms with van der Waals surface area (Å²) >= 11 is 0. The maximum atomic E-state index is 12.9. The maximum absolute atomic E-state index is 12.9. The number of nitrogens with zero attached hydrogens (tertiary/aromatic N) is 4. The Kier molecular flexibility index (Phi) is 5.11. The molecule has 0 fully saturated rings. The van der Waals surface area contributed by atoms with Gasteiger partial charge in [0.1, 0.15) is 0 Å². The van der Waals surface area contributed by atoms with Crippen LogP contribution in [0, 0.1) is 6.92 Å². The van der Waals surface area contributed by atoms with Crippen molar-refractivity contribution in [2.24, 2.45) is 7.05 Å². The molecule has 34 heavy (non-hydrogen) atoms. The van der Waals surface area contributed by atoms with Crippen molar-refractivity contribution in [3.8, 4) is 11.1 Å². The number of nitrogens with one attached hydrogen (secondary N) is 2. The van der Waals surface area contributed by atoms with Gasteiger partial charge in [0.25, 0.3) is 0 Å². The van der Waals surface area contributed by atoms with Gasteiger partial charge in [-0.05, 0) is 60.5 Å². The maximum Gasteiger partial charge on any atom is 0.416 e. The van der Waals surface area contributed by atoms with Crippen LogP contribution in [0.25, 0.3) is 32.9 Å². The van der Waals surface area contributed by atoms with E-state index in [0.29, 0.717) is 17.5 Å². The van der Waals surface area contributed by atoms with E-state index >= 15 is 0 Å². The molecule has 2 heterocycles. The van der Waals surface area contributed by atoms with Crippen molar-refractivity contribution in [3.63, 3.8) is 0 Å². The van der Waals surface area contributed by atoms with Crippen molar-refractivity contribution in [1.82, 2.24) is 19.7 Å². The Morgan fingerprint density at radius 1 is 0.971 bits per heavy atom. The van der Waals surface area contributed by atoms with Crippen molar-refractivity contribution in [3.05, 3.63) is 71.9 Å². The molecule has 0 aliphatic heterocycles. The first-order valence-corrected chi connectivity index (χ1v) is 10.6. The number of aryl methyl sites for hydroxylation is 2. The Bertz CT molecular complexity index is 1520. The van der Waals surface area contributed by atoms with E-state index in [1.54, 1.807) is 17.9 Å². The molecule has 0 aliphatic rings. The second kappa shape index (κ2) is 8.02. The molecular formula is C25H21F3N6. The van der Waals surface area contributed by atoms with E-state index in [0.717, 1.165) is 50.6 Å². The van der Waals surface area contributed by atoms with E-state index in [4.69, 9.17) is 0 Å². The Morgan fingerprint density at radius 3 is 2.44 bits per heavy atom. The Balaban J connectivity index is 1.58. The molecule has 3 aromatic carbocycles. The molecular weight excluding hydrogens is 441 g/mol. The topological polar surface area (TPSA) is 67.7 Å². The standard InChI is InChI=1S/C25H21F3N6/c1-14-4-10-19-22(21(14)15-5-11-20-16(12-15)13-30-24(29-2)32-20)34(3)33-23(19)31-18-8-6-17(7-9-18)25(26,27)28/h4-13H,1-3H3,(H,31,33)(H,29,30,32). The summed E-state index contributed by atoms with van der Waals surface area (Å²) in [4.78, 5) is 8.80. The van der Waals surface area contributed by atoms with E-state index in [1.807, 2.05) is 44.3 Å². The monoisotopic (exact) mass is 462 g/mol. The van der Waals surface area contributed by atoms with Crippen LogP contribution in [0.1, 0.15) is 11.1 Å². The number of aromatic nitrogens is 4. The third kappa shape index (κ3) is 3.79. The van der Waals surface area contributed by atoms with Crippen molar-refractivity contribution in [1.29, 1.82) is 0 Å². The smallest absolute Gasteiger partial charge is 0.357 e. The Hall–Kier alpha value is -4.14. The van der Waals surface area contributed by atoms with Gasteiger partial charge in [-0.1, -0.05) is 12.1 Å². The van der Waals surface area contributed by atoms with Crippen LogP contribution in [0.15, 0.2) is 60.8 Å². The van der Waals surface area contributed by atoms with Crippen LogP contribution in [-0.2, 0) is 13.2 Å². The van der Waals surface area contributed by atoms with Gasteiger partial charge in [0, 0.05) is 42.3 Å². The average Bonchev–Trinajstić information content (AvgIpc) is 3.13. The van der Waals surface area contributed by atoms with Crippen molar-refractivity contribution in [2.75, 3.05) is 17.7 Å². The molecule has 0 saturated carbocycles. The summed E-state index contributed by atoms with van der Waals surface area (Å²) in [5.41, 5.74) is 4.68. The second-order valence-corrected chi connectivity index (χ2v) is 8.04. The molecule has 0 spiro atoms. The summed E-state index contributed by atoms with van der Waals surface area (Å²) in [6, 6.07) is 14.9. The predicted molar refractivity (Wildman–Crippen MR) is 128 cm³/mol. The second-order valence-electron chi connectivity index (χ2n) is 8.04. The lowest BCUT2D eigenvalue weighted by Crippen LogP contribution is -2.04. The van der Waals surface area contributed by atoms with Gasteiger partial charge in [0.05, 0.1) is 16.6 Å². The van der Waals surface area contributed by atoms with Crippen LogP contribution in [0.5, 0.6) is 0 Å². The molecule has 0 atom stereocenters. The van der Waals surface area contributed by atoms with Gasteiger partial charge in [0.15, 0.2) is 5.82 Å². The zero-order valence-corrected chi connectivity index (χ0v) is 18.7. The number of hydrogen-bond acceptors (Lipinski definition) is 5. The molecule has 6 nitrogen and oxygen atoms in total. The SMILES string of the molecule is CNc1ncc2cc(-c3c(C)ccc4c(Nc5ccc(C(F)(F)F)cc5)nn(C)c34)ccc2n1. The largest absolute Gasteiger partial charge is 0.416 e. The first kappa shape index (κ1) is 21.7. The summed E-state index contributed by atoms with van der Waals surface area (Å²) in [7, 11) is 3.63.